The van der Waals surface area contributed by atoms with Gasteiger partial charge in [-0.2, -0.15) is 0 Å². The van der Waals surface area contributed by atoms with Crippen molar-refractivity contribution in [3.63, 3.8) is 0 Å². The average Bonchev–Trinajstić information content (AvgIpc) is 1.79. The minimum Gasteiger partial charge on any atom is -0.429 e. The minimum atomic E-state index is -0.709. The molecule has 12 heavy (non-hydrogen) atoms. The SMILES string of the molecule is C.COCOC(=O)OC(C)(C)C. The first kappa shape index (κ1) is 13.8. The largest absolute Gasteiger partial charge is 0.510 e. The zero-order valence-corrected chi connectivity index (χ0v) is 7.34. The van der Waals surface area contributed by atoms with Gasteiger partial charge in [-0.1, -0.05) is 7.43 Å². The van der Waals surface area contributed by atoms with E-state index in [9.17, 15) is 4.79 Å². The number of hydrogen-bond donors (Lipinski definition) is 0. The lowest BCUT2D eigenvalue weighted by molar-refractivity contribution is -0.0553. The standard InChI is InChI=1S/C7H14O4.CH4/c1-7(2,3)11-6(8)10-5-9-4;/h5H2,1-4H3;1H4. The summed E-state index contributed by atoms with van der Waals surface area (Å²) < 4.78 is 13.8. The molecule has 0 radical (unpaired) electrons. The van der Waals surface area contributed by atoms with E-state index < -0.39 is 11.8 Å². The van der Waals surface area contributed by atoms with Gasteiger partial charge in [0, 0.05) is 7.11 Å². The minimum absolute atomic E-state index is 0. The Hall–Kier alpha value is -0.770. The molecule has 0 aromatic rings. The molecule has 0 aromatic carbocycles. The summed E-state index contributed by atoms with van der Waals surface area (Å²) in [5, 5.41) is 0. The molecule has 0 saturated carbocycles. The van der Waals surface area contributed by atoms with Gasteiger partial charge in [0.1, 0.15) is 5.60 Å². The number of methoxy groups -OCH3 is 1. The Labute approximate surface area is 73.8 Å². The van der Waals surface area contributed by atoms with E-state index in [1.807, 2.05) is 0 Å². The smallest absolute Gasteiger partial charge is 0.429 e. The molecule has 0 unspecified atom stereocenters. The van der Waals surface area contributed by atoms with Crippen LogP contribution in [0.2, 0.25) is 0 Å². The van der Waals surface area contributed by atoms with E-state index in [-0.39, 0.29) is 14.2 Å². The first-order chi connectivity index (χ1) is 4.95. The van der Waals surface area contributed by atoms with Crippen molar-refractivity contribution in [2.24, 2.45) is 0 Å². The molecule has 0 aliphatic carbocycles. The predicted molar refractivity (Wildman–Crippen MR) is 45.9 cm³/mol. The summed E-state index contributed by atoms with van der Waals surface area (Å²) in [5.41, 5.74) is -0.509. The third-order valence-electron chi connectivity index (χ3n) is 0.684. The first-order valence-electron chi connectivity index (χ1n) is 3.30. The number of hydrogen-bond acceptors (Lipinski definition) is 4. The molecular weight excluding hydrogens is 160 g/mol. The average molecular weight is 178 g/mol. The first-order valence-corrected chi connectivity index (χ1v) is 3.30. The highest BCUT2D eigenvalue weighted by Gasteiger charge is 2.16. The van der Waals surface area contributed by atoms with E-state index in [1.165, 1.54) is 7.11 Å². The van der Waals surface area contributed by atoms with Gasteiger partial charge in [-0.25, -0.2) is 4.79 Å². The van der Waals surface area contributed by atoms with Gasteiger partial charge in [0.05, 0.1) is 0 Å². The third-order valence-corrected chi connectivity index (χ3v) is 0.684. The van der Waals surface area contributed by atoms with Crippen LogP contribution in [-0.4, -0.2) is 25.7 Å². The van der Waals surface area contributed by atoms with Gasteiger partial charge in [0.2, 0.25) is 0 Å². The Morgan fingerprint density at radius 1 is 1.33 bits per heavy atom. The van der Waals surface area contributed by atoms with Crippen molar-refractivity contribution in [2.45, 2.75) is 33.8 Å². The molecule has 4 nitrogen and oxygen atoms in total. The van der Waals surface area contributed by atoms with Crippen molar-refractivity contribution in [2.75, 3.05) is 13.9 Å². The van der Waals surface area contributed by atoms with E-state index in [0.717, 1.165) is 0 Å². The van der Waals surface area contributed by atoms with Crippen LogP contribution in [0.4, 0.5) is 4.79 Å². The van der Waals surface area contributed by atoms with Gasteiger partial charge in [0.15, 0.2) is 6.79 Å². The monoisotopic (exact) mass is 178 g/mol. The van der Waals surface area contributed by atoms with Crippen molar-refractivity contribution in [1.29, 1.82) is 0 Å². The van der Waals surface area contributed by atoms with Gasteiger partial charge in [-0.15, -0.1) is 0 Å². The molecule has 0 N–H and O–H groups in total. The molecule has 0 amide bonds. The molecule has 4 heteroatoms. The third kappa shape index (κ3) is 9.23. The highest BCUT2D eigenvalue weighted by molar-refractivity contribution is 5.60. The zero-order valence-electron chi connectivity index (χ0n) is 7.34. The Morgan fingerprint density at radius 3 is 2.17 bits per heavy atom. The fourth-order valence-electron chi connectivity index (χ4n) is 0.387. The number of ether oxygens (including phenoxy) is 3. The molecule has 0 heterocycles. The maximum absolute atomic E-state index is 10.7. The molecule has 0 fully saturated rings. The van der Waals surface area contributed by atoms with Crippen LogP contribution in [0.15, 0.2) is 0 Å². The topological polar surface area (TPSA) is 44.8 Å². The fourth-order valence-corrected chi connectivity index (χ4v) is 0.387. The van der Waals surface area contributed by atoms with E-state index in [0.29, 0.717) is 0 Å². The van der Waals surface area contributed by atoms with E-state index in [4.69, 9.17) is 4.74 Å². The Bertz CT molecular complexity index is 126. The highest BCUT2D eigenvalue weighted by Crippen LogP contribution is 2.07. The van der Waals surface area contributed by atoms with Crippen LogP contribution >= 0.6 is 0 Å². The summed E-state index contributed by atoms with van der Waals surface area (Å²) in [5.74, 6) is 0. The predicted octanol–water partition coefficient (Wildman–Crippen LogP) is 2.18. The molecule has 0 saturated heterocycles. The lowest BCUT2D eigenvalue weighted by atomic mass is 10.2. The summed E-state index contributed by atoms with van der Waals surface area (Å²) in [6.07, 6.45) is -0.709. The maximum Gasteiger partial charge on any atom is 0.510 e. The lowest BCUT2D eigenvalue weighted by Gasteiger charge is -2.18. The maximum atomic E-state index is 10.7. The van der Waals surface area contributed by atoms with Gasteiger partial charge >= 0.3 is 6.16 Å². The second-order valence-electron chi connectivity index (χ2n) is 3.02. The quantitative estimate of drug-likeness (QED) is 0.480. The van der Waals surface area contributed by atoms with E-state index in [2.05, 4.69) is 9.47 Å². The number of rotatable bonds is 2. The molecule has 0 rings (SSSR count). The Balaban J connectivity index is 0. The Morgan fingerprint density at radius 2 is 1.83 bits per heavy atom. The number of carbonyl (C=O) groups excluding carboxylic acids is 1. The summed E-state index contributed by atoms with van der Waals surface area (Å²) in [4.78, 5) is 10.7. The lowest BCUT2D eigenvalue weighted by Crippen LogP contribution is -2.24. The molecule has 0 atom stereocenters. The van der Waals surface area contributed by atoms with Gasteiger partial charge in [-0.05, 0) is 20.8 Å². The summed E-state index contributed by atoms with van der Waals surface area (Å²) in [7, 11) is 1.43. The molecule has 0 aromatic heterocycles. The summed E-state index contributed by atoms with van der Waals surface area (Å²) in [6, 6.07) is 0. The van der Waals surface area contributed by atoms with Crippen molar-refractivity contribution < 1.29 is 19.0 Å². The van der Waals surface area contributed by atoms with Crippen LogP contribution < -0.4 is 0 Å². The van der Waals surface area contributed by atoms with Gasteiger partial charge in [-0.3, -0.25) is 0 Å². The van der Waals surface area contributed by atoms with Gasteiger partial charge in [0.25, 0.3) is 0 Å². The van der Waals surface area contributed by atoms with E-state index >= 15 is 0 Å². The highest BCUT2D eigenvalue weighted by atomic mass is 16.8. The molecule has 0 aliphatic heterocycles. The normalized spacial score (nSPS) is 10.0. The fraction of sp³-hybridized carbons (Fsp3) is 0.875. The summed E-state index contributed by atoms with van der Waals surface area (Å²) >= 11 is 0. The van der Waals surface area contributed by atoms with Crippen molar-refractivity contribution in [1.82, 2.24) is 0 Å². The van der Waals surface area contributed by atoms with Crippen LogP contribution in [0.1, 0.15) is 28.2 Å². The van der Waals surface area contributed by atoms with Crippen LogP contribution in [0.25, 0.3) is 0 Å². The molecule has 0 spiro atoms. The van der Waals surface area contributed by atoms with Gasteiger partial charge < -0.3 is 14.2 Å². The van der Waals surface area contributed by atoms with Crippen LogP contribution in [0, 0.1) is 0 Å². The molecule has 0 aliphatic rings. The zero-order chi connectivity index (χ0) is 8.91. The van der Waals surface area contributed by atoms with Crippen LogP contribution in [0.3, 0.4) is 0 Å². The molecular formula is C8H18O4. The van der Waals surface area contributed by atoms with E-state index in [1.54, 1.807) is 20.8 Å². The molecule has 0 bridgehead atoms. The summed E-state index contributed by atoms with van der Waals surface area (Å²) in [6.45, 7) is 5.22. The van der Waals surface area contributed by atoms with Crippen molar-refractivity contribution in [3.8, 4) is 0 Å². The number of carbonyl (C=O) groups is 1. The Kier molecular flexibility index (Phi) is 6.70. The molecule has 74 valence electrons. The van der Waals surface area contributed by atoms with Crippen LogP contribution in [-0.2, 0) is 14.2 Å². The van der Waals surface area contributed by atoms with Crippen molar-refractivity contribution in [3.05, 3.63) is 0 Å². The second-order valence-corrected chi connectivity index (χ2v) is 3.02. The van der Waals surface area contributed by atoms with Crippen molar-refractivity contribution >= 4 is 6.16 Å². The van der Waals surface area contributed by atoms with Crippen LogP contribution in [0.5, 0.6) is 0 Å². The second kappa shape index (κ2) is 5.83.